The van der Waals surface area contributed by atoms with E-state index in [0.717, 1.165) is 5.56 Å². The highest BCUT2D eigenvalue weighted by Gasteiger charge is 2.31. The van der Waals surface area contributed by atoms with E-state index >= 15 is 0 Å². The number of halogens is 1. The molecule has 1 heterocycles. The van der Waals surface area contributed by atoms with Crippen LogP contribution in [0.3, 0.4) is 0 Å². The first-order chi connectivity index (χ1) is 10.6. The van der Waals surface area contributed by atoms with Gasteiger partial charge in [-0.3, -0.25) is 0 Å². The summed E-state index contributed by atoms with van der Waals surface area (Å²) in [5, 5.41) is 0.411. The van der Waals surface area contributed by atoms with E-state index in [1.165, 1.54) is 10.4 Å². The van der Waals surface area contributed by atoms with Crippen LogP contribution in [0.25, 0.3) is 0 Å². The third-order valence-corrected chi connectivity index (χ3v) is 5.73. The van der Waals surface area contributed by atoms with Crippen molar-refractivity contribution in [2.24, 2.45) is 0 Å². The molecule has 0 aliphatic carbocycles. The molecule has 6 heteroatoms. The summed E-state index contributed by atoms with van der Waals surface area (Å²) in [4.78, 5) is 0.216. The molecule has 1 fully saturated rings. The molecule has 0 spiro atoms. The highest BCUT2D eigenvalue weighted by atomic mass is 35.5. The second-order valence-electron chi connectivity index (χ2n) is 5.09. The maximum absolute atomic E-state index is 12.7. The quantitative estimate of drug-likeness (QED) is 0.864. The topological polar surface area (TPSA) is 46.6 Å². The number of hydrogen-bond donors (Lipinski definition) is 0. The fourth-order valence-corrected chi connectivity index (χ4v) is 4.22. The van der Waals surface area contributed by atoms with Gasteiger partial charge in [-0.25, -0.2) is 8.42 Å². The average Bonchev–Trinajstić information content (AvgIpc) is 2.56. The molecular weight excluding hydrogens is 322 g/mol. The van der Waals surface area contributed by atoms with Crippen LogP contribution in [-0.4, -0.2) is 32.4 Å². The maximum Gasteiger partial charge on any atom is 0.243 e. The molecule has 1 saturated heterocycles. The Morgan fingerprint density at radius 1 is 1.09 bits per heavy atom. The van der Waals surface area contributed by atoms with Gasteiger partial charge in [0.05, 0.1) is 17.6 Å². The normalized spacial score (nSPS) is 20.0. The van der Waals surface area contributed by atoms with Gasteiger partial charge in [0.25, 0.3) is 0 Å². The average molecular weight is 338 g/mol. The third kappa shape index (κ3) is 3.17. The molecule has 4 nitrogen and oxygen atoms in total. The molecule has 3 rings (SSSR count). The van der Waals surface area contributed by atoms with Crippen molar-refractivity contribution >= 4 is 21.6 Å². The van der Waals surface area contributed by atoms with E-state index in [1.54, 1.807) is 18.2 Å². The molecule has 0 amide bonds. The lowest BCUT2D eigenvalue weighted by Crippen LogP contribution is -2.42. The second kappa shape index (κ2) is 6.38. The van der Waals surface area contributed by atoms with Crippen LogP contribution >= 0.6 is 11.6 Å². The Hall–Kier alpha value is -1.40. The maximum atomic E-state index is 12.7. The lowest BCUT2D eigenvalue weighted by atomic mass is 10.1. The molecule has 2 aromatic carbocycles. The zero-order valence-electron chi connectivity index (χ0n) is 11.9. The second-order valence-corrected chi connectivity index (χ2v) is 7.46. The Labute approximate surface area is 135 Å². The Balaban J connectivity index is 1.85. The molecule has 116 valence electrons. The molecule has 1 atom stereocenters. The van der Waals surface area contributed by atoms with Crippen LogP contribution in [0.2, 0.25) is 5.02 Å². The molecule has 0 N–H and O–H groups in total. The van der Waals surface area contributed by atoms with Crippen LogP contribution in [-0.2, 0) is 14.8 Å². The summed E-state index contributed by atoms with van der Waals surface area (Å²) in [6.07, 6.45) is -0.246. The smallest absolute Gasteiger partial charge is 0.243 e. The number of sulfonamides is 1. The third-order valence-electron chi connectivity index (χ3n) is 3.63. The minimum atomic E-state index is -3.56. The minimum absolute atomic E-state index is 0.216. The SMILES string of the molecule is O=S(=O)(c1cccc(Cl)c1)N1CCO[C@H](c2ccccc2)C1. The van der Waals surface area contributed by atoms with E-state index in [1.807, 2.05) is 30.3 Å². The van der Waals surface area contributed by atoms with E-state index in [-0.39, 0.29) is 11.0 Å². The Morgan fingerprint density at radius 2 is 1.86 bits per heavy atom. The van der Waals surface area contributed by atoms with E-state index in [0.29, 0.717) is 24.7 Å². The standard InChI is InChI=1S/C16H16ClNO3S/c17-14-7-4-8-15(11-14)22(19,20)18-9-10-21-16(12-18)13-5-2-1-3-6-13/h1-8,11,16H,9-10,12H2/t16-/m0/s1. The van der Waals surface area contributed by atoms with Gasteiger partial charge in [-0.1, -0.05) is 48.0 Å². The Kier molecular flexibility index (Phi) is 4.49. The summed E-state index contributed by atoms with van der Waals surface area (Å²) in [6, 6.07) is 16.0. The largest absolute Gasteiger partial charge is 0.371 e. The lowest BCUT2D eigenvalue weighted by molar-refractivity contribution is -0.00255. The fourth-order valence-electron chi connectivity index (χ4n) is 2.49. The highest BCUT2D eigenvalue weighted by molar-refractivity contribution is 7.89. The van der Waals surface area contributed by atoms with Crippen molar-refractivity contribution in [3.05, 3.63) is 65.2 Å². The van der Waals surface area contributed by atoms with E-state index in [9.17, 15) is 8.42 Å². The van der Waals surface area contributed by atoms with Crippen molar-refractivity contribution in [3.8, 4) is 0 Å². The van der Waals surface area contributed by atoms with E-state index in [2.05, 4.69) is 0 Å². The first-order valence-electron chi connectivity index (χ1n) is 6.99. The van der Waals surface area contributed by atoms with Crippen molar-refractivity contribution < 1.29 is 13.2 Å². The van der Waals surface area contributed by atoms with Crippen molar-refractivity contribution in [1.82, 2.24) is 4.31 Å². The van der Waals surface area contributed by atoms with Crippen LogP contribution in [0, 0.1) is 0 Å². The molecule has 1 aliphatic rings. The van der Waals surface area contributed by atoms with Gasteiger partial charge in [-0.2, -0.15) is 4.31 Å². The van der Waals surface area contributed by atoms with Crippen molar-refractivity contribution in [2.75, 3.05) is 19.7 Å². The fraction of sp³-hybridized carbons (Fsp3) is 0.250. The summed E-state index contributed by atoms with van der Waals surface area (Å²) < 4.78 is 32.6. The molecule has 22 heavy (non-hydrogen) atoms. The van der Waals surface area contributed by atoms with Crippen molar-refractivity contribution in [1.29, 1.82) is 0 Å². The molecule has 0 aromatic heterocycles. The number of ether oxygens (including phenoxy) is 1. The number of rotatable bonds is 3. The van der Waals surface area contributed by atoms with Crippen LogP contribution in [0.15, 0.2) is 59.5 Å². The molecule has 0 unspecified atom stereocenters. The van der Waals surface area contributed by atoms with Gasteiger partial charge >= 0.3 is 0 Å². The molecular formula is C16H16ClNO3S. The van der Waals surface area contributed by atoms with Gasteiger partial charge in [0.2, 0.25) is 10.0 Å². The predicted molar refractivity (Wildman–Crippen MR) is 85.3 cm³/mol. The first kappa shape index (κ1) is 15.5. The minimum Gasteiger partial charge on any atom is -0.371 e. The number of hydrogen-bond acceptors (Lipinski definition) is 3. The van der Waals surface area contributed by atoms with E-state index < -0.39 is 10.0 Å². The molecule has 0 saturated carbocycles. The summed E-state index contributed by atoms with van der Waals surface area (Å²) in [5.41, 5.74) is 0.980. The summed E-state index contributed by atoms with van der Waals surface area (Å²) in [5.74, 6) is 0. The van der Waals surface area contributed by atoms with Gasteiger partial charge in [-0.05, 0) is 23.8 Å². The predicted octanol–water partition coefficient (Wildman–Crippen LogP) is 3.10. The summed E-state index contributed by atoms with van der Waals surface area (Å²) in [7, 11) is -3.56. The van der Waals surface area contributed by atoms with Gasteiger partial charge in [0.15, 0.2) is 0 Å². The van der Waals surface area contributed by atoms with Crippen molar-refractivity contribution in [3.63, 3.8) is 0 Å². The molecule has 2 aromatic rings. The van der Waals surface area contributed by atoms with Crippen LogP contribution in [0.1, 0.15) is 11.7 Å². The lowest BCUT2D eigenvalue weighted by Gasteiger charge is -2.32. The van der Waals surface area contributed by atoms with Gasteiger partial charge < -0.3 is 4.74 Å². The van der Waals surface area contributed by atoms with Gasteiger partial charge in [-0.15, -0.1) is 0 Å². The first-order valence-corrected chi connectivity index (χ1v) is 8.81. The number of benzene rings is 2. The summed E-state index contributed by atoms with van der Waals surface area (Å²) >= 11 is 5.91. The van der Waals surface area contributed by atoms with E-state index in [4.69, 9.17) is 16.3 Å². The number of nitrogens with zero attached hydrogens (tertiary/aromatic N) is 1. The van der Waals surface area contributed by atoms with Crippen molar-refractivity contribution in [2.45, 2.75) is 11.0 Å². The molecule has 0 radical (unpaired) electrons. The molecule has 1 aliphatic heterocycles. The van der Waals surface area contributed by atoms with Gasteiger partial charge in [0.1, 0.15) is 0 Å². The monoisotopic (exact) mass is 337 g/mol. The van der Waals surface area contributed by atoms with Crippen LogP contribution < -0.4 is 0 Å². The summed E-state index contributed by atoms with van der Waals surface area (Å²) in [6.45, 7) is 1.02. The van der Waals surface area contributed by atoms with Crippen LogP contribution in [0.4, 0.5) is 0 Å². The van der Waals surface area contributed by atoms with Gasteiger partial charge in [0, 0.05) is 18.1 Å². The van der Waals surface area contributed by atoms with Crippen LogP contribution in [0.5, 0.6) is 0 Å². The zero-order valence-corrected chi connectivity index (χ0v) is 13.4. The Morgan fingerprint density at radius 3 is 2.59 bits per heavy atom. The highest BCUT2D eigenvalue weighted by Crippen LogP contribution is 2.27. The molecule has 0 bridgehead atoms. The number of morpholine rings is 1. The zero-order chi connectivity index (χ0) is 15.6. The Bertz CT molecular complexity index is 749.